The van der Waals surface area contributed by atoms with E-state index in [2.05, 4.69) is 5.32 Å². The van der Waals surface area contributed by atoms with Crippen molar-refractivity contribution in [2.45, 2.75) is 50.0 Å². The molecule has 1 saturated carbocycles. The van der Waals surface area contributed by atoms with Crippen molar-refractivity contribution in [1.29, 1.82) is 0 Å². The van der Waals surface area contributed by atoms with E-state index in [4.69, 9.17) is 4.74 Å². The molecule has 1 fully saturated rings. The third-order valence-electron chi connectivity index (χ3n) is 5.90. The van der Waals surface area contributed by atoms with Gasteiger partial charge in [0, 0.05) is 6.54 Å². The van der Waals surface area contributed by atoms with Gasteiger partial charge in [0.1, 0.15) is 5.75 Å². The van der Waals surface area contributed by atoms with Crippen LogP contribution in [0.2, 0.25) is 0 Å². The Morgan fingerprint density at radius 1 is 1.10 bits per heavy atom. The summed E-state index contributed by atoms with van der Waals surface area (Å²) in [6, 6.07) is 13.7. The van der Waals surface area contributed by atoms with Crippen LogP contribution in [0.4, 0.5) is 5.69 Å². The average molecular weight is 429 g/mol. The Morgan fingerprint density at radius 2 is 1.83 bits per heavy atom. The van der Waals surface area contributed by atoms with Crippen molar-refractivity contribution in [3.63, 3.8) is 0 Å². The number of amides is 1. The van der Waals surface area contributed by atoms with Gasteiger partial charge in [-0.15, -0.1) is 0 Å². The second-order valence-electron chi connectivity index (χ2n) is 8.18. The lowest BCUT2D eigenvalue weighted by Gasteiger charge is -2.35. The molecule has 2 aromatic rings. The summed E-state index contributed by atoms with van der Waals surface area (Å²) in [6.07, 6.45) is 5.04. The molecule has 7 heteroatoms. The first kappa shape index (κ1) is 20.7. The van der Waals surface area contributed by atoms with Crippen LogP contribution in [0.5, 0.6) is 5.75 Å². The fraction of sp³-hybridized carbons (Fsp3) is 0.435. The molecule has 1 aliphatic carbocycles. The largest absolute Gasteiger partial charge is 0.476 e. The first-order valence-corrected chi connectivity index (χ1v) is 12.0. The molecule has 1 atom stereocenters. The van der Waals surface area contributed by atoms with Crippen molar-refractivity contribution in [2.75, 3.05) is 17.4 Å². The Kier molecular flexibility index (Phi) is 5.99. The zero-order valence-corrected chi connectivity index (χ0v) is 18.0. The summed E-state index contributed by atoms with van der Waals surface area (Å²) in [5.74, 6) is 0.634. The molecule has 1 heterocycles. The highest BCUT2D eigenvalue weighted by Crippen LogP contribution is 2.37. The van der Waals surface area contributed by atoms with Crippen LogP contribution in [0.3, 0.4) is 0 Å². The summed E-state index contributed by atoms with van der Waals surface area (Å²) in [5, 5.41) is 2.99. The number of rotatable bonds is 5. The molecule has 0 spiro atoms. The number of sulfonamides is 1. The van der Waals surface area contributed by atoms with Gasteiger partial charge in [0.2, 0.25) is 0 Å². The minimum atomic E-state index is -3.82. The van der Waals surface area contributed by atoms with Gasteiger partial charge in [0.05, 0.1) is 17.1 Å². The number of anilines is 1. The number of fused-ring (bicyclic) bond motifs is 1. The average Bonchev–Trinajstić information content (AvgIpc) is 2.78. The molecule has 2 aromatic carbocycles. The van der Waals surface area contributed by atoms with E-state index in [-0.39, 0.29) is 17.3 Å². The number of ether oxygens (including phenoxy) is 1. The van der Waals surface area contributed by atoms with Crippen molar-refractivity contribution in [1.82, 2.24) is 5.32 Å². The van der Waals surface area contributed by atoms with Crippen molar-refractivity contribution in [3.05, 3.63) is 54.1 Å². The molecule has 30 heavy (non-hydrogen) atoms. The molecular formula is C23H28N2O4S. The Balaban J connectivity index is 1.58. The molecule has 1 amide bonds. The van der Waals surface area contributed by atoms with Gasteiger partial charge in [0.15, 0.2) is 6.10 Å². The Bertz CT molecular complexity index is 1000. The molecule has 1 aliphatic heterocycles. The number of carbonyl (C=O) groups is 1. The highest BCUT2D eigenvalue weighted by molar-refractivity contribution is 7.92. The number of hydrogen-bond acceptors (Lipinski definition) is 4. The fourth-order valence-corrected chi connectivity index (χ4v) is 5.68. The van der Waals surface area contributed by atoms with Gasteiger partial charge < -0.3 is 10.1 Å². The second kappa shape index (κ2) is 8.68. The monoisotopic (exact) mass is 428 g/mol. The lowest BCUT2D eigenvalue weighted by molar-refractivity contribution is -0.128. The number of nitrogens with one attached hydrogen (secondary N) is 1. The van der Waals surface area contributed by atoms with Gasteiger partial charge in [-0.05, 0) is 55.5 Å². The van der Waals surface area contributed by atoms with Gasteiger partial charge >= 0.3 is 0 Å². The highest BCUT2D eigenvalue weighted by Gasteiger charge is 2.37. The van der Waals surface area contributed by atoms with E-state index in [0.29, 0.717) is 23.9 Å². The van der Waals surface area contributed by atoms with E-state index < -0.39 is 16.1 Å². The Morgan fingerprint density at radius 3 is 2.57 bits per heavy atom. The van der Waals surface area contributed by atoms with Crippen molar-refractivity contribution in [2.24, 2.45) is 5.92 Å². The van der Waals surface area contributed by atoms with Gasteiger partial charge in [-0.3, -0.25) is 9.10 Å². The quantitative estimate of drug-likeness (QED) is 0.789. The maximum Gasteiger partial charge on any atom is 0.264 e. The maximum atomic E-state index is 13.4. The third-order valence-corrected chi connectivity index (χ3v) is 7.69. The summed E-state index contributed by atoms with van der Waals surface area (Å²) in [5.41, 5.74) is 1.39. The molecule has 0 bridgehead atoms. The Hall–Kier alpha value is -2.54. The van der Waals surface area contributed by atoms with E-state index in [1.807, 2.05) is 13.0 Å². The summed E-state index contributed by atoms with van der Waals surface area (Å²) < 4.78 is 34.0. The number of hydrogen-bond donors (Lipinski definition) is 1. The lowest BCUT2D eigenvalue weighted by atomic mass is 9.89. The smallest absolute Gasteiger partial charge is 0.264 e. The normalized spacial score (nSPS) is 19.6. The minimum Gasteiger partial charge on any atom is -0.476 e. The molecule has 1 N–H and O–H groups in total. The van der Waals surface area contributed by atoms with E-state index in [0.717, 1.165) is 18.4 Å². The molecule has 0 aromatic heterocycles. The predicted octanol–water partition coefficient (Wildman–Crippen LogP) is 3.65. The maximum absolute atomic E-state index is 13.4. The SMILES string of the molecule is Cc1ccc2c(c1)N(S(=O)(=O)c1ccccc1)CC(C(=O)NCC1CCCCC1)O2. The number of benzene rings is 2. The molecule has 0 radical (unpaired) electrons. The van der Waals surface area contributed by atoms with Crippen LogP contribution >= 0.6 is 0 Å². The third kappa shape index (κ3) is 4.31. The molecule has 0 saturated heterocycles. The topological polar surface area (TPSA) is 75.7 Å². The fourth-order valence-electron chi connectivity index (χ4n) is 4.20. The number of carbonyl (C=O) groups excluding carboxylic acids is 1. The minimum absolute atomic E-state index is 0.0514. The van der Waals surface area contributed by atoms with Gasteiger partial charge in [-0.1, -0.05) is 43.5 Å². The van der Waals surface area contributed by atoms with Gasteiger partial charge in [-0.2, -0.15) is 0 Å². The zero-order valence-electron chi connectivity index (χ0n) is 17.2. The van der Waals surface area contributed by atoms with Crippen LogP contribution in [-0.4, -0.2) is 33.5 Å². The summed E-state index contributed by atoms with van der Waals surface area (Å²) in [7, 11) is -3.82. The van der Waals surface area contributed by atoms with Crippen molar-refractivity contribution >= 4 is 21.6 Å². The standard InChI is InChI=1S/C23H28N2O4S/c1-17-12-13-21-20(14-17)25(30(27,28)19-10-6-3-7-11-19)16-22(29-21)23(26)24-15-18-8-4-2-5-9-18/h3,6-7,10-14,18,22H,2,4-5,8-9,15-16H2,1H3,(H,24,26). The van der Waals surface area contributed by atoms with Gasteiger partial charge in [0.25, 0.3) is 15.9 Å². The predicted molar refractivity (Wildman–Crippen MR) is 116 cm³/mol. The van der Waals surface area contributed by atoms with Gasteiger partial charge in [-0.25, -0.2) is 8.42 Å². The van der Waals surface area contributed by atoms with Crippen LogP contribution in [0.1, 0.15) is 37.7 Å². The summed E-state index contributed by atoms with van der Waals surface area (Å²) in [6.45, 7) is 2.46. The van der Waals surface area contributed by atoms with Crippen LogP contribution in [0.15, 0.2) is 53.4 Å². The van der Waals surface area contributed by atoms with E-state index >= 15 is 0 Å². The Labute approximate surface area is 178 Å². The van der Waals surface area contributed by atoms with Crippen LogP contribution in [0.25, 0.3) is 0 Å². The molecular weight excluding hydrogens is 400 g/mol. The van der Waals surface area contributed by atoms with E-state index in [1.165, 1.54) is 23.6 Å². The second-order valence-corrected chi connectivity index (χ2v) is 10.0. The van der Waals surface area contributed by atoms with Crippen molar-refractivity contribution < 1.29 is 17.9 Å². The van der Waals surface area contributed by atoms with Crippen LogP contribution < -0.4 is 14.4 Å². The zero-order chi connectivity index (χ0) is 21.1. The van der Waals surface area contributed by atoms with Crippen molar-refractivity contribution in [3.8, 4) is 5.75 Å². The first-order chi connectivity index (χ1) is 14.4. The highest BCUT2D eigenvalue weighted by atomic mass is 32.2. The van der Waals surface area contributed by atoms with Crippen LogP contribution in [-0.2, 0) is 14.8 Å². The van der Waals surface area contributed by atoms with E-state index in [9.17, 15) is 13.2 Å². The molecule has 2 aliphatic rings. The molecule has 160 valence electrons. The van der Waals surface area contributed by atoms with E-state index in [1.54, 1.807) is 42.5 Å². The first-order valence-electron chi connectivity index (χ1n) is 10.6. The molecule has 4 rings (SSSR count). The molecule has 1 unspecified atom stereocenters. The molecule has 6 nitrogen and oxygen atoms in total. The van der Waals surface area contributed by atoms with Crippen LogP contribution in [0, 0.1) is 12.8 Å². The summed E-state index contributed by atoms with van der Waals surface area (Å²) in [4.78, 5) is 13.1. The lowest BCUT2D eigenvalue weighted by Crippen LogP contribution is -2.51. The summed E-state index contributed by atoms with van der Waals surface area (Å²) >= 11 is 0. The number of nitrogens with zero attached hydrogens (tertiary/aromatic N) is 1. The number of aryl methyl sites for hydroxylation is 1.